The first kappa shape index (κ1) is 19.5. The molecule has 0 saturated carbocycles. The van der Waals surface area contributed by atoms with Gasteiger partial charge in [0.1, 0.15) is 17.9 Å². The van der Waals surface area contributed by atoms with Gasteiger partial charge in [-0.1, -0.05) is 0 Å². The molecule has 0 bridgehead atoms. The zero-order valence-corrected chi connectivity index (χ0v) is 15.0. The SMILES string of the molecule is N#Cc1ccc(N2C(=O)NC(CCC(=O)Nc3ccc(F)cc3C#N)C2=O)cc1. The fourth-order valence-electron chi connectivity index (χ4n) is 2.86. The van der Waals surface area contributed by atoms with Gasteiger partial charge in [0.15, 0.2) is 0 Å². The molecule has 2 N–H and O–H groups in total. The maximum Gasteiger partial charge on any atom is 0.329 e. The Labute approximate surface area is 165 Å². The summed E-state index contributed by atoms with van der Waals surface area (Å²) in [6.07, 6.45) is -0.0492. The van der Waals surface area contributed by atoms with Gasteiger partial charge in [-0.25, -0.2) is 14.1 Å². The Balaban J connectivity index is 1.62. The predicted octanol–water partition coefficient (Wildman–Crippen LogP) is 2.41. The highest BCUT2D eigenvalue weighted by Crippen LogP contribution is 2.22. The van der Waals surface area contributed by atoms with Gasteiger partial charge in [-0.3, -0.25) is 9.59 Å². The van der Waals surface area contributed by atoms with Crippen LogP contribution in [0.25, 0.3) is 0 Å². The zero-order valence-electron chi connectivity index (χ0n) is 15.0. The average Bonchev–Trinajstić information content (AvgIpc) is 3.01. The number of amides is 4. The molecule has 8 nitrogen and oxygen atoms in total. The minimum Gasteiger partial charge on any atom is -0.325 e. The van der Waals surface area contributed by atoms with E-state index in [1.165, 1.54) is 30.3 Å². The van der Waals surface area contributed by atoms with Crippen molar-refractivity contribution in [3.63, 3.8) is 0 Å². The Bertz CT molecular complexity index is 1070. The molecule has 1 fully saturated rings. The third-order valence-corrected chi connectivity index (χ3v) is 4.31. The Morgan fingerprint density at radius 1 is 1.14 bits per heavy atom. The smallest absolute Gasteiger partial charge is 0.325 e. The summed E-state index contributed by atoms with van der Waals surface area (Å²) in [6, 6.07) is 11.6. The van der Waals surface area contributed by atoms with Crippen molar-refractivity contribution in [1.29, 1.82) is 10.5 Å². The molecule has 4 amide bonds. The second kappa shape index (κ2) is 8.19. The van der Waals surface area contributed by atoms with Crippen molar-refractivity contribution in [2.24, 2.45) is 0 Å². The second-order valence-electron chi connectivity index (χ2n) is 6.22. The van der Waals surface area contributed by atoms with E-state index in [2.05, 4.69) is 10.6 Å². The van der Waals surface area contributed by atoms with E-state index in [9.17, 15) is 18.8 Å². The molecule has 3 rings (SSSR count). The van der Waals surface area contributed by atoms with Crippen LogP contribution in [0.2, 0.25) is 0 Å². The number of carbonyl (C=O) groups excluding carboxylic acids is 3. The van der Waals surface area contributed by atoms with Gasteiger partial charge in [0.05, 0.1) is 28.6 Å². The van der Waals surface area contributed by atoms with Gasteiger partial charge in [-0.05, 0) is 48.9 Å². The largest absolute Gasteiger partial charge is 0.329 e. The predicted molar refractivity (Wildman–Crippen MR) is 99.9 cm³/mol. The summed E-state index contributed by atoms with van der Waals surface area (Å²) in [5, 5.41) is 22.9. The van der Waals surface area contributed by atoms with Crippen molar-refractivity contribution in [3.8, 4) is 12.1 Å². The summed E-state index contributed by atoms with van der Waals surface area (Å²) < 4.78 is 13.2. The molecule has 1 aliphatic heterocycles. The molecule has 1 aliphatic rings. The van der Waals surface area contributed by atoms with Gasteiger partial charge >= 0.3 is 6.03 Å². The van der Waals surface area contributed by atoms with Gasteiger partial charge in [-0.15, -0.1) is 0 Å². The number of nitrogens with one attached hydrogen (secondary N) is 2. The molecule has 0 aromatic heterocycles. The number of anilines is 2. The molecule has 1 heterocycles. The highest BCUT2D eigenvalue weighted by Gasteiger charge is 2.38. The van der Waals surface area contributed by atoms with Crippen LogP contribution >= 0.6 is 0 Å². The molecule has 1 saturated heterocycles. The van der Waals surface area contributed by atoms with Crippen molar-refractivity contribution in [3.05, 3.63) is 59.4 Å². The first-order valence-corrected chi connectivity index (χ1v) is 8.57. The molecule has 29 heavy (non-hydrogen) atoms. The van der Waals surface area contributed by atoms with E-state index in [4.69, 9.17) is 10.5 Å². The summed E-state index contributed by atoms with van der Waals surface area (Å²) >= 11 is 0. The molecule has 0 aliphatic carbocycles. The van der Waals surface area contributed by atoms with Gasteiger partial charge in [0.25, 0.3) is 5.91 Å². The second-order valence-corrected chi connectivity index (χ2v) is 6.22. The summed E-state index contributed by atoms with van der Waals surface area (Å²) in [6.45, 7) is 0. The lowest BCUT2D eigenvalue weighted by molar-refractivity contribution is -0.119. The topological polar surface area (TPSA) is 126 Å². The van der Waals surface area contributed by atoms with E-state index < -0.39 is 29.7 Å². The molecule has 2 aromatic carbocycles. The lowest BCUT2D eigenvalue weighted by atomic mass is 10.1. The van der Waals surface area contributed by atoms with Crippen LogP contribution in [-0.4, -0.2) is 23.9 Å². The highest BCUT2D eigenvalue weighted by molar-refractivity contribution is 6.21. The summed E-state index contributed by atoms with van der Waals surface area (Å²) in [5.41, 5.74) is 0.866. The number of benzene rings is 2. The minimum absolute atomic E-state index is 0.0180. The summed E-state index contributed by atoms with van der Waals surface area (Å²) in [7, 11) is 0. The van der Waals surface area contributed by atoms with Gasteiger partial charge in [0, 0.05) is 6.42 Å². The molecule has 144 valence electrons. The van der Waals surface area contributed by atoms with Crippen molar-refractivity contribution in [2.75, 3.05) is 10.2 Å². The fourth-order valence-corrected chi connectivity index (χ4v) is 2.86. The molecule has 1 atom stereocenters. The summed E-state index contributed by atoms with van der Waals surface area (Å²) in [5.74, 6) is -1.58. The van der Waals surface area contributed by atoms with Crippen LogP contribution in [0.1, 0.15) is 24.0 Å². The number of nitrogens with zero attached hydrogens (tertiary/aromatic N) is 3. The number of rotatable bonds is 5. The van der Waals surface area contributed by atoms with E-state index in [0.29, 0.717) is 11.3 Å². The van der Waals surface area contributed by atoms with Crippen molar-refractivity contribution >= 4 is 29.2 Å². The first-order chi connectivity index (χ1) is 13.9. The van der Waals surface area contributed by atoms with E-state index in [0.717, 1.165) is 17.0 Å². The number of hydrogen-bond donors (Lipinski definition) is 2. The highest BCUT2D eigenvalue weighted by atomic mass is 19.1. The van der Waals surface area contributed by atoms with Crippen LogP contribution in [0.5, 0.6) is 0 Å². The third-order valence-electron chi connectivity index (χ3n) is 4.31. The maximum atomic E-state index is 13.2. The maximum absolute atomic E-state index is 13.2. The van der Waals surface area contributed by atoms with E-state index in [-0.39, 0.29) is 24.1 Å². The fraction of sp³-hybridized carbons (Fsp3) is 0.150. The van der Waals surface area contributed by atoms with E-state index in [1.807, 2.05) is 6.07 Å². The molecule has 9 heteroatoms. The monoisotopic (exact) mass is 391 g/mol. The van der Waals surface area contributed by atoms with Crippen LogP contribution in [0.3, 0.4) is 0 Å². The van der Waals surface area contributed by atoms with Gasteiger partial charge in [0.2, 0.25) is 5.91 Å². The Kier molecular flexibility index (Phi) is 5.51. The Hall–Kier alpha value is -4.24. The van der Waals surface area contributed by atoms with Crippen molar-refractivity contribution < 1.29 is 18.8 Å². The van der Waals surface area contributed by atoms with E-state index >= 15 is 0 Å². The lowest BCUT2D eigenvalue weighted by Gasteiger charge is -2.13. The van der Waals surface area contributed by atoms with Gasteiger partial charge < -0.3 is 10.6 Å². The van der Waals surface area contributed by atoms with Crippen LogP contribution in [0, 0.1) is 28.5 Å². The third kappa shape index (κ3) is 4.20. The van der Waals surface area contributed by atoms with Crippen molar-refractivity contribution in [2.45, 2.75) is 18.9 Å². The van der Waals surface area contributed by atoms with Crippen molar-refractivity contribution in [1.82, 2.24) is 5.32 Å². The van der Waals surface area contributed by atoms with E-state index in [1.54, 1.807) is 6.07 Å². The molecular formula is C20H14FN5O3. The summed E-state index contributed by atoms with van der Waals surface area (Å²) in [4.78, 5) is 37.8. The molecule has 1 unspecified atom stereocenters. The number of hydrogen-bond acceptors (Lipinski definition) is 5. The zero-order chi connectivity index (χ0) is 21.0. The molecule has 2 aromatic rings. The molecular weight excluding hydrogens is 377 g/mol. The van der Waals surface area contributed by atoms with Crippen LogP contribution < -0.4 is 15.5 Å². The number of imide groups is 1. The minimum atomic E-state index is -0.882. The van der Waals surface area contributed by atoms with Gasteiger partial charge in [-0.2, -0.15) is 10.5 Å². The number of halogens is 1. The van der Waals surface area contributed by atoms with Crippen LogP contribution in [0.4, 0.5) is 20.6 Å². The van der Waals surface area contributed by atoms with Crippen LogP contribution in [-0.2, 0) is 9.59 Å². The Morgan fingerprint density at radius 2 is 1.86 bits per heavy atom. The normalized spacial score (nSPS) is 15.4. The number of carbonyl (C=O) groups is 3. The Morgan fingerprint density at radius 3 is 2.52 bits per heavy atom. The average molecular weight is 391 g/mol. The number of urea groups is 1. The molecule has 0 radical (unpaired) electrons. The van der Waals surface area contributed by atoms with Crippen LogP contribution in [0.15, 0.2) is 42.5 Å². The first-order valence-electron chi connectivity index (χ1n) is 8.57. The molecule has 0 spiro atoms. The quantitative estimate of drug-likeness (QED) is 0.757. The number of nitriles is 2. The standard InChI is InChI=1S/C20H14FN5O3/c21-14-3-6-16(13(9-14)11-23)24-18(27)8-7-17-19(28)26(20(29)25-17)15-4-1-12(10-22)2-5-15/h1-6,9,17H,7-8H2,(H,24,27)(H,25,29). The lowest BCUT2D eigenvalue weighted by Crippen LogP contribution is -2.31.